The Labute approximate surface area is 236 Å². The Morgan fingerprint density at radius 2 is 1.38 bits per heavy atom. The molecule has 9 heteroatoms. The first kappa shape index (κ1) is 29.3. The van der Waals surface area contributed by atoms with Gasteiger partial charge in [0.1, 0.15) is 18.2 Å². The Hall–Kier alpha value is -3.72. The summed E-state index contributed by atoms with van der Waals surface area (Å²) in [7, 11) is 0. The van der Waals surface area contributed by atoms with E-state index < -0.39 is 34.8 Å². The quantitative estimate of drug-likeness (QED) is 0.357. The number of rotatable bonds is 8. The third-order valence-corrected chi connectivity index (χ3v) is 7.37. The predicted octanol–water partition coefficient (Wildman–Crippen LogP) is 4.36. The second-order valence-corrected chi connectivity index (χ2v) is 12.1. The average molecular weight is 550 g/mol. The van der Waals surface area contributed by atoms with Crippen molar-refractivity contribution in [3.63, 3.8) is 0 Å². The minimum atomic E-state index is -1.10. The first-order valence-electron chi connectivity index (χ1n) is 13.8. The molecule has 1 saturated heterocycles. The van der Waals surface area contributed by atoms with Crippen molar-refractivity contribution in [1.82, 2.24) is 14.7 Å². The van der Waals surface area contributed by atoms with Crippen LogP contribution in [0, 0.1) is 5.41 Å². The molecule has 0 radical (unpaired) electrons. The fourth-order valence-corrected chi connectivity index (χ4v) is 5.09. The third kappa shape index (κ3) is 6.70. The monoisotopic (exact) mass is 549 g/mol. The van der Waals surface area contributed by atoms with Crippen LogP contribution in [0.15, 0.2) is 54.6 Å². The lowest BCUT2D eigenvalue weighted by Crippen LogP contribution is -2.55. The highest BCUT2D eigenvalue weighted by molar-refractivity contribution is 6.22. The molecular weight excluding hydrogens is 510 g/mol. The van der Waals surface area contributed by atoms with E-state index in [-0.39, 0.29) is 12.7 Å². The van der Waals surface area contributed by atoms with Crippen LogP contribution in [-0.2, 0) is 20.9 Å². The molecule has 0 aromatic heterocycles. The molecule has 0 bridgehead atoms. The van der Waals surface area contributed by atoms with Gasteiger partial charge in [-0.3, -0.25) is 19.4 Å². The normalized spacial score (nSPS) is 17.0. The van der Waals surface area contributed by atoms with E-state index in [9.17, 15) is 19.2 Å². The minimum absolute atomic E-state index is 0.0437. The molecule has 40 heavy (non-hydrogen) atoms. The summed E-state index contributed by atoms with van der Waals surface area (Å²) in [5, 5.41) is 0. The molecule has 2 aromatic rings. The number of piperazine rings is 1. The molecule has 9 nitrogen and oxygen atoms in total. The van der Waals surface area contributed by atoms with Crippen molar-refractivity contribution >= 4 is 23.9 Å². The molecule has 2 aliphatic heterocycles. The van der Waals surface area contributed by atoms with E-state index in [1.165, 1.54) is 0 Å². The number of ether oxygens (including phenoxy) is 2. The van der Waals surface area contributed by atoms with Crippen molar-refractivity contribution in [3.8, 4) is 0 Å². The summed E-state index contributed by atoms with van der Waals surface area (Å²) in [4.78, 5) is 57.9. The first-order valence-corrected chi connectivity index (χ1v) is 13.8. The van der Waals surface area contributed by atoms with Crippen molar-refractivity contribution in [2.45, 2.75) is 59.3 Å². The summed E-state index contributed by atoms with van der Waals surface area (Å²) < 4.78 is 11.2. The van der Waals surface area contributed by atoms with Gasteiger partial charge in [-0.2, -0.15) is 0 Å². The van der Waals surface area contributed by atoms with Gasteiger partial charge >= 0.3 is 12.1 Å². The largest absolute Gasteiger partial charge is 0.459 e. The second-order valence-electron chi connectivity index (χ2n) is 12.1. The summed E-state index contributed by atoms with van der Waals surface area (Å²) in [5.41, 5.74) is 0.0677. The van der Waals surface area contributed by atoms with Gasteiger partial charge in [0.15, 0.2) is 0 Å². The Bertz CT molecular complexity index is 1210. The van der Waals surface area contributed by atoms with Crippen molar-refractivity contribution in [3.05, 3.63) is 71.3 Å². The van der Waals surface area contributed by atoms with Gasteiger partial charge in [-0.15, -0.1) is 0 Å². The van der Waals surface area contributed by atoms with Crippen LogP contribution in [0.25, 0.3) is 0 Å². The predicted molar refractivity (Wildman–Crippen MR) is 150 cm³/mol. The first-order chi connectivity index (χ1) is 18.9. The zero-order chi connectivity index (χ0) is 29.1. The number of hydrogen-bond donors (Lipinski definition) is 0. The Balaban J connectivity index is 1.46. The number of hydrogen-bond acceptors (Lipinski definition) is 7. The van der Waals surface area contributed by atoms with Crippen LogP contribution < -0.4 is 0 Å². The van der Waals surface area contributed by atoms with Crippen molar-refractivity contribution in [1.29, 1.82) is 0 Å². The van der Waals surface area contributed by atoms with Gasteiger partial charge in [0.05, 0.1) is 11.1 Å². The Morgan fingerprint density at radius 1 is 0.825 bits per heavy atom. The second kappa shape index (κ2) is 11.8. The van der Waals surface area contributed by atoms with E-state index in [4.69, 9.17) is 9.47 Å². The van der Waals surface area contributed by atoms with Crippen LogP contribution in [0.1, 0.15) is 67.3 Å². The highest BCUT2D eigenvalue weighted by Gasteiger charge is 2.50. The summed E-state index contributed by atoms with van der Waals surface area (Å²) in [6, 6.07) is 14.8. The van der Waals surface area contributed by atoms with Crippen molar-refractivity contribution in [2.75, 3.05) is 32.7 Å². The summed E-state index contributed by atoms with van der Waals surface area (Å²) in [6.07, 6.45) is 0.206. The topological polar surface area (TPSA) is 96.5 Å². The number of benzene rings is 2. The number of imide groups is 1. The van der Waals surface area contributed by atoms with Crippen LogP contribution in [0.2, 0.25) is 0 Å². The number of amides is 3. The van der Waals surface area contributed by atoms with Crippen LogP contribution in [0.3, 0.4) is 0 Å². The zero-order valence-corrected chi connectivity index (χ0v) is 24.0. The average Bonchev–Trinajstić information content (AvgIpc) is 3.16. The van der Waals surface area contributed by atoms with Gasteiger partial charge in [-0.1, -0.05) is 56.3 Å². The van der Waals surface area contributed by atoms with Crippen LogP contribution >= 0.6 is 0 Å². The molecular formula is C31H39N3O6. The van der Waals surface area contributed by atoms with Gasteiger partial charge in [0, 0.05) is 26.2 Å². The molecule has 214 valence electrons. The number of esters is 1. The smallest absolute Gasteiger partial charge is 0.410 e. The van der Waals surface area contributed by atoms with Crippen molar-refractivity contribution < 1.29 is 28.7 Å². The maximum atomic E-state index is 13.6. The Kier molecular flexibility index (Phi) is 8.63. The molecule has 1 atom stereocenters. The van der Waals surface area contributed by atoms with Gasteiger partial charge < -0.3 is 14.4 Å². The molecule has 2 aromatic carbocycles. The number of carbonyl (C=O) groups excluding carboxylic acids is 4. The fourth-order valence-electron chi connectivity index (χ4n) is 5.09. The van der Waals surface area contributed by atoms with Crippen LogP contribution in [0.4, 0.5) is 4.79 Å². The lowest BCUT2D eigenvalue weighted by atomic mass is 9.79. The van der Waals surface area contributed by atoms with E-state index in [1.807, 2.05) is 65.0 Å². The molecule has 2 heterocycles. The third-order valence-electron chi connectivity index (χ3n) is 7.37. The van der Waals surface area contributed by atoms with E-state index in [2.05, 4.69) is 4.90 Å². The van der Waals surface area contributed by atoms with Gasteiger partial charge in [0.2, 0.25) is 0 Å². The molecule has 2 aliphatic rings. The standard InChI is InChI=1S/C31H39N3O6/c1-30(2,3)40-29(38)33-19-17-32(18-20-33)16-15-31(4,5)25(28(37)39-21-22-11-7-6-8-12-22)34-26(35)23-13-9-10-14-24(23)27(34)36/h6-14,25H,15-21H2,1-5H3/t25-/m1/s1. The molecule has 1 fully saturated rings. The molecule has 0 saturated carbocycles. The molecule has 4 rings (SSSR count). The molecule has 0 aliphatic carbocycles. The molecule has 0 unspecified atom stereocenters. The van der Waals surface area contributed by atoms with Gasteiger partial charge in [0.25, 0.3) is 11.8 Å². The molecule has 0 N–H and O–H groups in total. The van der Waals surface area contributed by atoms with Crippen LogP contribution in [-0.4, -0.2) is 82.9 Å². The SMILES string of the molecule is CC(C)(C)OC(=O)N1CCN(CCC(C)(C)[C@@H](C(=O)OCc2ccccc2)N2C(=O)c3ccccc3C2=O)CC1. The van der Waals surface area contributed by atoms with E-state index in [0.717, 1.165) is 10.5 Å². The summed E-state index contributed by atoms with van der Waals surface area (Å²) in [5.74, 6) is -1.58. The molecule has 0 spiro atoms. The van der Waals surface area contributed by atoms with Crippen LogP contribution in [0.5, 0.6) is 0 Å². The molecule has 3 amide bonds. The van der Waals surface area contributed by atoms with Gasteiger partial charge in [-0.25, -0.2) is 9.59 Å². The maximum absolute atomic E-state index is 13.6. The van der Waals surface area contributed by atoms with Gasteiger partial charge in [-0.05, 0) is 56.8 Å². The maximum Gasteiger partial charge on any atom is 0.410 e. The number of carbonyl (C=O) groups is 4. The summed E-state index contributed by atoms with van der Waals surface area (Å²) in [6.45, 7) is 12.4. The highest BCUT2D eigenvalue weighted by atomic mass is 16.6. The Morgan fingerprint density at radius 3 is 1.93 bits per heavy atom. The van der Waals surface area contributed by atoms with E-state index in [0.29, 0.717) is 50.3 Å². The van der Waals surface area contributed by atoms with E-state index in [1.54, 1.807) is 29.2 Å². The lowest BCUT2D eigenvalue weighted by molar-refractivity contribution is -0.154. The zero-order valence-electron chi connectivity index (χ0n) is 24.0. The number of fused-ring (bicyclic) bond motifs is 1. The number of nitrogens with zero attached hydrogens (tertiary/aromatic N) is 3. The fraction of sp³-hybridized carbons (Fsp3) is 0.484. The minimum Gasteiger partial charge on any atom is -0.459 e. The van der Waals surface area contributed by atoms with Crippen molar-refractivity contribution in [2.24, 2.45) is 5.41 Å². The highest BCUT2D eigenvalue weighted by Crippen LogP contribution is 2.36. The lowest BCUT2D eigenvalue weighted by Gasteiger charge is -2.40. The van der Waals surface area contributed by atoms with E-state index >= 15 is 0 Å². The summed E-state index contributed by atoms with van der Waals surface area (Å²) >= 11 is 0.